The van der Waals surface area contributed by atoms with Crippen LogP contribution in [0.5, 0.6) is 0 Å². The number of amides is 2. The molecule has 3 heterocycles. The van der Waals surface area contributed by atoms with Crippen LogP contribution in [0.1, 0.15) is 36.8 Å². The first-order chi connectivity index (χ1) is 21.3. The minimum Gasteiger partial charge on any atom is -0.351 e. The van der Waals surface area contributed by atoms with Crippen molar-refractivity contribution in [3.63, 3.8) is 0 Å². The predicted molar refractivity (Wildman–Crippen MR) is 169 cm³/mol. The van der Waals surface area contributed by atoms with Gasteiger partial charge in [-0.15, -0.1) is 5.06 Å². The van der Waals surface area contributed by atoms with E-state index in [4.69, 9.17) is 9.83 Å². The molecule has 0 aliphatic carbocycles. The van der Waals surface area contributed by atoms with Crippen LogP contribution in [-0.2, 0) is 32.5 Å². The first-order valence-electron chi connectivity index (χ1n) is 15.4. The highest BCUT2D eigenvalue weighted by Crippen LogP contribution is 2.33. The van der Waals surface area contributed by atoms with Crippen LogP contribution in [0, 0.1) is 5.92 Å². The molecule has 1 spiro atoms. The maximum atomic E-state index is 13.3. The second-order valence-corrected chi connectivity index (χ2v) is 13.9. The molecule has 44 heavy (non-hydrogen) atoms. The summed E-state index contributed by atoms with van der Waals surface area (Å²) in [5, 5.41) is 9.59. The van der Waals surface area contributed by atoms with E-state index < -0.39 is 21.7 Å². The number of nitrogens with zero attached hydrogens (tertiary/aromatic N) is 3. The van der Waals surface area contributed by atoms with Gasteiger partial charge in [0.1, 0.15) is 11.4 Å². The molecule has 11 heteroatoms. The van der Waals surface area contributed by atoms with E-state index in [1.165, 1.54) is 4.31 Å². The van der Waals surface area contributed by atoms with Crippen molar-refractivity contribution in [2.45, 2.75) is 44.1 Å². The van der Waals surface area contributed by atoms with Crippen LogP contribution in [0.3, 0.4) is 0 Å². The van der Waals surface area contributed by atoms with Crippen molar-refractivity contribution in [3.8, 4) is 0 Å². The average Bonchev–Trinajstić information content (AvgIpc) is 3.35. The summed E-state index contributed by atoms with van der Waals surface area (Å²) in [6, 6.07) is 23.9. The van der Waals surface area contributed by atoms with Crippen molar-refractivity contribution < 1.29 is 22.8 Å². The van der Waals surface area contributed by atoms with Gasteiger partial charge in [0.15, 0.2) is 0 Å². The van der Waals surface area contributed by atoms with Gasteiger partial charge in [-0.1, -0.05) is 72.8 Å². The number of amidine groups is 1. The molecular weight excluding hydrogens is 578 g/mol. The maximum Gasteiger partial charge on any atom is 0.426 e. The second-order valence-electron chi connectivity index (χ2n) is 11.9. The Morgan fingerprint density at radius 2 is 1.73 bits per heavy atom. The van der Waals surface area contributed by atoms with Gasteiger partial charge in [0.05, 0.1) is 5.75 Å². The Morgan fingerprint density at radius 3 is 2.55 bits per heavy atom. The molecule has 3 aromatic rings. The molecule has 3 aliphatic heterocycles. The Morgan fingerprint density at radius 1 is 0.977 bits per heavy atom. The maximum absolute atomic E-state index is 13.3. The number of rotatable bonds is 9. The Bertz CT molecular complexity index is 1630. The smallest absolute Gasteiger partial charge is 0.351 e. The van der Waals surface area contributed by atoms with E-state index >= 15 is 0 Å². The topological polar surface area (TPSA) is 120 Å². The number of aryl methyl sites for hydroxylation is 1. The molecule has 3 aromatic carbocycles. The van der Waals surface area contributed by atoms with E-state index in [0.29, 0.717) is 51.2 Å². The van der Waals surface area contributed by atoms with Crippen LogP contribution in [-0.4, -0.2) is 79.6 Å². The van der Waals surface area contributed by atoms with Gasteiger partial charge in [-0.25, -0.2) is 17.5 Å². The summed E-state index contributed by atoms with van der Waals surface area (Å²) in [4.78, 5) is 36.0. The highest BCUT2D eigenvalue weighted by atomic mass is 32.2. The van der Waals surface area contributed by atoms with Crippen LogP contribution >= 0.6 is 0 Å². The largest absolute Gasteiger partial charge is 0.426 e. The third-order valence-corrected chi connectivity index (χ3v) is 10.8. The van der Waals surface area contributed by atoms with Gasteiger partial charge in [-0.05, 0) is 60.4 Å². The summed E-state index contributed by atoms with van der Waals surface area (Å²) in [6.07, 6.45) is 2.95. The number of benzene rings is 3. The van der Waals surface area contributed by atoms with Crippen molar-refractivity contribution >= 4 is 38.6 Å². The lowest BCUT2D eigenvalue weighted by Gasteiger charge is -2.34. The van der Waals surface area contributed by atoms with Gasteiger partial charge in [0.25, 0.3) is 5.91 Å². The molecule has 232 valence electrons. The van der Waals surface area contributed by atoms with Crippen molar-refractivity contribution in [1.82, 2.24) is 20.0 Å². The fourth-order valence-corrected chi connectivity index (χ4v) is 7.91. The van der Waals surface area contributed by atoms with Gasteiger partial charge in [-0.3, -0.25) is 9.79 Å². The van der Waals surface area contributed by atoms with Gasteiger partial charge in [-0.2, -0.15) is 0 Å². The van der Waals surface area contributed by atoms with E-state index in [2.05, 4.69) is 10.6 Å². The summed E-state index contributed by atoms with van der Waals surface area (Å²) in [5.74, 6) is 0.385. The average molecular weight is 618 g/mol. The molecule has 1 atom stereocenters. The Labute approximate surface area is 258 Å². The first-order valence-corrected chi connectivity index (χ1v) is 17.0. The van der Waals surface area contributed by atoms with E-state index in [1.54, 1.807) is 5.06 Å². The molecule has 1 unspecified atom stereocenters. The quantitative estimate of drug-likeness (QED) is 0.378. The predicted octanol–water partition coefficient (Wildman–Crippen LogP) is 3.67. The number of hydrogen-bond donors (Lipinski definition) is 2. The minimum absolute atomic E-state index is 0.0203. The highest BCUT2D eigenvalue weighted by Gasteiger charge is 2.48. The molecule has 2 saturated heterocycles. The number of aliphatic imine (C=N–C) groups is 1. The molecule has 10 nitrogen and oxygen atoms in total. The SMILES string of the molecule is O=C(NCCc1ccccc1)ON1CCCC(C2=NC3(CCN(S(=O)(=O)CCc4cccc5ccccc45)CC3)C(=O)N2)C1. The Kier molecular flexibility index (Phi) is 8.97. The molecule has 0 saturated carbocycles. The summed E-state index contributed by atoms with van der Waals surface area (Å²) in [7, 11) is -3.50. The van der Waals surface area contributed by atoms with Gasteiger partial charge in [0, 0.05) is 38.6 Å². The van der Waals surface area contributed by atoms with Crippen molar-refractivity contribution in [2.24, 2.45) is 10.9 Å². The number of hydrogen-bond acceptors (Lipinski definition) is 7. The first kappa shape index (κ1) is 30.2. The lowest BCUT2D eigenvalue weighted by atomic mass is 9.89. The molecule has 6 rings (SSSR count). The fraction of sp³-hybridized carbons (Fsp3) is 0.424. The van der Waals surface area contributed by atoms with E-state index in [9.17, 15) is 18.0 Å². The minimum atomic E-state index is -3.50. The van der Waals surface area contributed by atoms with Crippen molar-refractivity contribution in [2.75, 3.05) is 38.5 Å². The van der Waals surface area contributed by atoms with Crippen LogP contribution < -0.4 is 10.6 Å². The number of fused-ring (bicyclic) bond motifs is 1. The van der Waals surface area contributed by atoms with E-state index in [-0.39, 0.29) is 30.7 Å². The van der Waals surface area contributed by atoms with Crippen LogP contribution in [0.15, 0.2) is 77.8 Å². The summed E-state index contributed by atoms with van der Waals surface area (Å²) >= 11 is 0. The van der Waals surface area contributed by atoms with E-state index in [0.717, 1.165) is 34.7 Å². The van der Waals surface area contributed by atoms with Crippen LogP contribution in [0.2, 0.25) is 0 Å². The zero-order chi connectivity index (χ0) is 30.6. The van der Waals surface area contributed by atoms with Crippen molar-refractivity contribution in [3.05, 3.63) is 83.9 Å². The van der Waals surface area contributed by atoms with Gasteiger partial charge >= 0.3 is 6.09 Å². The Hall–Kier alpha value is -3.80. The molecule has 2 N–H and O–H groups in total. The summed E-state index contributed by atoms with van der Waals surface area (Å²) in [6.45, 7) is 2.04. The summed E-state index contributed by atoms with van der Waals surface area (Å²) < 4.78 is 28.1. The zero-order valence-electron chi connectivity index (χ0n) is 24.8. The molecule has 2 fully saturated rings. The Balaban J connectivity index is 1.01. The number of carbonyl (C=O) groups is 2. The number of piperidine rings is 2. The van der Waals surface area contributed by atoms with E-state index in [1.807, 2.05) is 72.8 Å². The summed E-state index contributed by atoms with van der Waals surface area (Å²) in [5.41, 5.74) is 1.20. The van der Waals surface area contributed by atoms with Gasteiger partial charge in [0.2, 0.25) is 10.0 Å². The normalized spacial score (nSPS) is 20.8. The molecule has 2 amide bonds. The molecular formula is C33H39N5O5S. The third-order valence-electron chi connectivity index (χ3n) is 8.96. The monoisotopic (exact) mass is 617 g/mol. The van der Waals surface area contributed by atoms with Crippen LogP contribution in [0.4, 0.5) is 4.79 Å². The number of sulfonamides is 1. The molecule has 0 radical (unpaired) electrons. The highest BCUT2D eigenvalue weighted by molar-refractivity contribution is 7.89. The van der Waals surface area contributed by atoms with Gasteiger partial charge < -0.3 is 15.5 Å². The lowest BCUT2D eigenvalue weighted by Crippen LogP contribution is -2.51. The molecule has 0 bridgehead atoms. The molecule has 0 aromatic heterocycles. The molecule has 3 aliphatic rings. The van der Waals surface area contributed by atoms with Crippen molar-refractivity contribution in [1.29, 1.82) is 0 Å². The standard InChI is InChI=1S/C33H39N5O5S/c39-31-33(17-21-38(22-18-33)44(41,42)23-16-27-12-6-11-26-10-4-5-14-29(26)27)36-30(35-31)28-13-7-20-37(24-28)43-32(40)34-19-15-25-8-2-1-3-9-25/h1-6,8-12,14,28H,7,13,15-24H2,(H,34,40)(H,35,36,39). The second kappa shape index (κ2) is 13.1. The number of hydroxylamine groups is 2. The number of carbonyl (C=O) groups excluding carboxylic acids is 2. The zero-order valence-corrected chi connectivity index (χ0v) is 25.6. The number of nitrogens with one attached hydrogen (secondary N) is 2. The third kappa shape index (κ3) is 6.80. The lowest BCUT2D eigenvalue weighted by molar-refractivity contribution is -0.125. The van der Waals surface area contributed by atoms with Crippen LogP contribution in [0.25, 0.3) is 10.8 Å². The fourth-order valence-electron chi connectivity index (χ4n) is 6.44.